The number of fused-ring (bicyclic) bond motifs is 3. The van der Waals surface area contributed by atoms with E-state index in [1.807, 2.05) is 84.5 Å². The first kappa shape index (κ1) is 28.3. The molecule has 44 heavy (non-hydrogen) atoms. The van der Waals surface area contributed by atoms with E-state index in [0.29, 0.717) is 17.5 Å². The standard InChI is InChI=1S/C38H32N4O.Pt/c1-25-37(27-12-7-6-8-13-27)26(2)42(40-25)29-14-11-15-30(23-29)43-31-18-19-33-32-16-9-10-17-34(32)41(35(33)24-31)36-22-28(20-21-39-36)38(3,4)5;/h6-22H,1-5H3;/q-2;+2/i9D;. The van der Waals surface area contributed by atoms with Crippen LogP contribution >= 0.6 is 0 Å². The quantitative estimate of drug-likeness (QED) is 0.165. The van der Waals surface area contributed by atoms with Crippen LogP contribution in [0, 0.1) is 26.0 Å². The minimum atomic E-state index is -0.0308. The molecule has 0 aliphatic rings. The van der Waals surface area contributed by atoms with Crippen LogP contribution in [-0.4, -0.2) is 19.3 Å². The van der Waals surface area contributed by atoms with Crippen molar-refractivity contribution in [3.8, 4) is 34.1 Å². The van der Waals surface area contributed by atoms with E-state index in [4.69, 9.17) is 16.2 Å². The minimum absolute atomic E-state index is 0. The SMILES string of the molecule is [2H]c1ccc2c(c1)c1ccc(Oc3[c-]c(-n4nc(C)c(-c5ccccc5)c4C)ccc3)[c-]c1n2-c1cc(C(C)(C)C)ccn1.[Pt+2]. The van der Waals surface area contributed by atoms with E-state index in [1.54, 1.807) is 0 Å². The van der Waals surface area contributed by atoms with Gasteiger partial charge in [-0.1, -0.05) is 74.8 Å². The van der Waals surface area contributed by atoms with Crippen molar-refractivity contribution in [2.75, 3.05) is 0 Å². The Hall–Kier alpha value is -4.47. The van der Waals surface area contributed by atoms with E-state index in [0.717, 1.165) is 55.8 Å². The van der Waals surface area contributed by atoms with Crippen molar-refractivity contribution in [3.05, 3.63) is 132 Å². The number of rotatable bonds is 5. The van der Waals surface area contributed by atoms with Gasteiger partial charge in [0, 0.05) is 34.5 Å². The summed E-state index contributed by atoms with van der Waals surface area (Å²) in [6, 6.07) is 37.3. The smallest absolute Gasteiger partial charge is 0.509 e. The third-order valence-electron chi connectivity index (χ3n) is 7.89. The van der Waals surface area contributed by atoms with Gasteiger partial charge in [0.25, 0.3) is 0 Å². The van der Waals surface area contributed by atoms with Crippen LogP contribution in [0.3, 0.4) is 0 Å². The first-order chi connectivity index (χ1) is 21.2. The van der Waals surface area contributed by atoms with E-state index < -0.39 is 0 Å². The number of hydrogen-bond donors (Lipinski definition) is 0. The number of benzene rings is 4. The summed E-state index contributed by atoms with van der Waals surface area (Å²) >= 11 is 0. The molecule has 0 saturated heterocycles. The molecule has 0 fully saturated rings. The third-order valence-corrected chi connectivity index (χ3v) is 7.89. The zero-order chi connectivity index (χ0) is 30.6. The van der Waals surface area contributed by atoms with Gasteiger partial charge >= 0.3 is 21.1 Å². The zero-order valence-electron chi connectivity index (χ0n) is 26.3. The fraction of sp³-hybridized carbons (Fsp3) is 0.158. The molecule has 0 aliphatic heterocycles. The second-order valence-electron chi connectivity index (χ2n) is 11.8. The Labute approximate surface area is 273 Å². The maximum atomic E-state index is 8.27. The van der Waals surface area contributed by atoms with Gasteiger partial charge in [-0.2, -0.15) is 17.2 Å². The van der Waals surface area contributed by atoms with E-state index in [-0.39, 0.29) is 26.5 Å². The number of aryl methyl sites for hydroxylation is 1. The van der Waals surface area contributed by atoms with Gasteiger partial charge in [0.15, 0.2) is 0 Å². The molecule has 220 valence electrons. The molecule has 0 spiro atoms. The Kier molecular flexibility index (Phi) is 7.43. The zero-order valence-corrected chi connectivity index (χ0v) is 27.5. The molecule has 5 nitrogen and oxygen atoms in total. The number of nitrogens with zero attached hydrogens (tertiary/aromatic N) is 4. The summed E-state index contributed by atoms with van der Waals surface area (Å²) in [5.74, 6) is 1.93. The van der Waals surface area contributed by atoms with Crippen molar-refractivity contribution in [2.45, 2.75) is 40.0 Å². The Morgan fingerprint density at radius 1 is 0.818 bits per heavy atom. The van der Waals surface area contributed by atoms with Gasteiger partial charge < -0.3 is 9.30 Å². The van der Waals surface area contributed by atoms with Crippen LogP contribution in [0.25, 0.3) is 44.4 Å². The topological polar surface area (TPSA) is 44.9 Å². The molecular weight excluding hydrogens is 724 g/mol. The molecule has 0 amide bonds. The molecule has 7 aromatic rings. The Morgan fingerprint density at radius 2 is 1.61 bits per heavy atom. The Balaban J connectivity index is 0.00000357. The predicted molar refractivity (Wildman–Crippen MR) is 173 cm³/mol. The number of pyridine rings is 1. The van der Waals surface area contributed by atoms with Crippen LogP contribution < -0.4 is 4.74 Å². The molecule has 0 aliphatic carbocycles. The molecule has 0 atom stereocenters. The predicted octanol–water partition coefficient (Wildman–Crippen LogP) is 9.34. The maximum Gasteiger partial charge on any atom is 2.00 e. The van der Waals surface area contributed by atoms with Crippen molar-refractivity contribution in [3.63, 3.8) is 0 Å². The number of hydrogen-bond acceptors (Lipinski definition) is 3. The third kappa shape index (κ3) is 5.26. The van der Waals surface area contributed by atoms with Crippen LogP contribution in [-0.2, 0) is 26.5 Å². The second kappa shape index (κ2) is 11.6. The molecule has 3 heterocycles. The first-order valence-electron chi connectivity index (χ1n) is 14.9. The second-order valence-corrected chi connectivity index (χ2v) is 11.8. The van der Waals surface area contributed by atoms with E-state index >= 15 is 0 Å². The molecule has 4 aromatic carbocycles. The molecule has 0 unspecified atom stereocenters. The Morgan fingerprint density at radius 3 is 2.41 bits per heavy atom. The fourth-order valence-electron chi connectivity index (χ4n) is 5.75. The van der Waals surface area contributed by atoms with Crippen molar-refractivity contribution in [1.82, 2.24) is 19.3 Å². The minimum Gasteiger partial charge on any atom is -0.509 e. The van der Waals surface area contributed by atoms with Crippen LogP contribution in [0.5, 0.6) is 11.5 Å². The van der Waals surface area contributed by atoms with Crippen LogP contribution in [0.2, 0.25) is 0 Å². The van der Waals surface area contributed by atoms with Gasteiger partial charge in [0.1, 0.15) is 5.82 Å². The monoisotopic (exact) mass is 756 g/mol. The molecule has 6 heteroatoms. The summed E-state index contributed by atoms with van der Waals surface area (Å²) < 4.78 is 18.7. The summed E-state index contributed by atoms with van der Waals surface area (Å²) in [5.41, 5.74) is 8.02. The number of ether oxygens (including phenoxy) is 1. The van der Waals surface area contributed by atoms with Gasteiger partial charge in [0.2, 0.25) is 0 Å². The van der Waals surface area contributed by atoms with Crippen molar-refractivity contribution in [1.29, 1.82) is 0 Å². The van der Waals surface area contributed by atoms with Gasteiger partial charge in [0.05, 0.1) is 7.06 Å². The molecule has 0 N–H and O–H groups in total. The first-order valence-corrected chi connectivity index (χ1v) is 14.4. The summed E-state index contributed by atoms with van der Waals surface area (Å²) in [7, 11) is 0. The average Bonchev–Trinajstić information content (AvgIpc) is 3.49. The fourth-order valence-corrected chi connectivity index (χ4v) is 5.75. The van der Waals surface area contributed by atoms with Gasteiger partial charge in [-0.05, 0) is 59.7 Å². The number of aromatic nitrogens is 4. The molecule has 0 bridgehead atoms. The van der Waals surface area contributed by atoms with Gasteiger partial charge in [-0.25, -0.2) is 4.98 Å². The van der Waals surface area contributed by atoms with Gasteiger partial charge in [-0.15, -0.1) is 35.7 Å². The molecule has 3 aromatic heterocycles. The van der Waals surface area contributed by atoms with Crippen LogP contribution in [0.15, 0.2) is 103 Å². The molecule has 7 rings (SSSR count). The maximum absolute atomic E-state index is 8.27. The summed E-state index contributed by atoms with van der Waals surface area (Å²) in [6.07, 6.45) is 1.86. The van der Waals surface area contributed by atoms with Crippen molar-refractivity contribution in [2.24, 2.45) is 0 Å². The number of para-hydroxylation sites is 1. The molecule has 0 saturated carbocycles. The summed E-state index contributed by atoms with van der Waals surface area (Å²) in [6.45, 7) is 10.7. The van der Waals surface area contributed by atoms with Crippen molar-refractivity contribution >= 4 is 21.8 Å². The normalized spacial score (nSPS) is 11.9. The summed E-state index contributed by atoms with van der Waals surface area (Å²) in [4.78, 5) is 4.76. The van der Waals surface area contributed by atoms with Crippen LogP contribution in [0.4, 0.5) is 0 Å². The average molecular weight is 757 g/mol. The molecular formula is C38H32N4OPt. The van der Waals surface area contributed by atoms with Crippen molar-refractivity contribution < 1.29 is 27.2 Å². The van der Waals surface area contributed by atoms with Gasteiger partial charge in [-0.3, -0.25) is 4.68 Å². The Bertz CT molecular complexity index is 2180. The summed E-state index contributed by atoms with van der Waals surface area (Å²) in [5, 5.41) is 6.80. The van der Waals surface area contributed by atoms with Crippen LogP contribution in [0.1, 0.15) is 39.1 Å². The largest absolute Gasteiger partial charge is 2.00 e. The molecule has 0 radical (unpaired) electrons. The van der Waals surface area contributed by atoms with E-state index in [1.165, 1.54) is 5.56 Å². The van der Waals surface area contributed by atoms with E-state index in [2.05, 4.69) is 68.7 Å². The van der Waals surface area contributed by atoms with E-state index in [9.17, 15) is 0 Å².